The van der Waals surface area contributed by atoms with Gasteiger partial charge in [0.25, 0.3) is 0 Å². The number of hydrogen-bond donors (Lipinski definition) is 2. The third-order valence-electron chi connectivity index (χ3n) is 4.53. The van der Waals surface area contributed by atoms with Crippen LogP contribution in [0.5, 0.6) is 0 Å². The lowest BCUT2D eigenvalue weighted by Gasteiger charge is -2.36. The molecule has 0 aromatic heterocycles. The Labute approximate surface area is 120 Å². The maximum atomic E-state index is 13.2. The number of anilines is 1. The van der Waals surface area contributed by atoms with Gasteiger partial charge in [-0.25, -0.2) is 4.39 Å². The van der Waals surface area contributed by atoms with Gasteiger partial charge in [0.05, 0.1) is 0 Å². The van der Waals surface area contributed by atoms with Crippen LogP contribution >= 0.6 is 0 Å². The van der Waals surface area contributed by atoms with E-state index < -0.39 is 0 Å². The number of hydrogen-bond acceptors (Lipinski definition) is 3. The molecule has 110 valence electrons. The first kappa shape index (κ1) is 13.8. The van der Waals surface area contributed by atoms with Crippen molar-refractivity contribution in [1.82, 2.24) is 10.6 Å². The lowest BCUT2D eigenvalue weighted by molar-refractivity contribution is 0.375. The number of benzene rings is 1. The van der Waals surface area contributed by atoms with Crippen molar-refractivity contribution in [2.75, 3.05) is 31.1 Å². The number of nitrogens with one attached hydrogen (secondary N) is 2. The predicted molar refractivity (Wildman–Crippen MR) is 80.8 cm³/mol. The SMILES string of the molecule is Cc1cc(F)ccc1N1CCC(N[C@H]2CCNC2)CC1. The summed E-state index contributed by atoms with van der Waals surface area (Å²) in [5.41, 5.74) is 2.23. The zero-order valence-electron chi connectivity index (χ0n) is 12.2. The average Bonchev–Trinajstić information content (AvgIpc) is 2.93. The van der Waals surface area contributed by atoms with Crippen LogP contribution in [0.15, 0.2) is 18.2 Å². The minimum absolute atomic E-state index is 0.142. The average molecular weight is 277 g/mol. The van der Waals surface area contributed by atoms with Crippen molar-refractivity contribution in [3.05, 3.63) is 29.6 Å². The lowest BCUT2D eigenvalue weighted by Crippen LogP contribution is -2.47. The molecule has 0 amide bonds. The highest BCUT2D eigenvalue weighted by atomic mass is 19.1. The quantitative estimate of drug-likeness (QED) is 0.885. The Balaban J connectivity index is 1.55. The van der Waals surface area contributed by atoms with Gasteiger partial charge in [0.2, 0.25) is 0 Å². The van der Waals surface area contributed by atoms with Crippen molar-refractivity contribution >= 4 is 5.69 Å². The van der Waals surface area contributed by atoms with E-state index in [1.807, 2.05) is 13.0 Å². The van der Waals surface area contributed by atoms with E-state index in [9.17, 15) is 4.39 Å². The molecule has 0 bridgehead atoms. The molecule has 0 spiro atoms. The van der Waals surface area contributed by atoms with E-state index in [-0.39, 0.29) is 5.82 Å². The highest BCUT2D eigenvalue weighted by Crippen LogP contribution is 2.24. The summed E-state index contributed by atoms with van der Waals surface area (Å²) in [7, 11) is 0. The van der Waals surface area contributed by atoms with Crippen molar-refractivity contribution in [2.24, 2.45) is 0 Å². The van der Waals surface area contributed by atoms with E-state index >= 15 is 0 Å². The number of rotatable bonds is 3. The minimum Gasteiger partial charge on any atom is -0.371 e. The Kier molecular flexibility index (Phi) is 4.22. The van der Waals surface area contributed by atoms with Crippen LogP contribution in [0, 0.1) is 12.7 Å². The second-order valence-corrected chi connectivity index (χ2v) is 6.05. The monoisotopic (exact) mass is 277 g/mol. The molecule has 1 atom stereocenters. The highest BCUT2D eigenvalue weighted by Gasteiger charge is 2.23. The first-order chi connectivity index (χ1) is 9.72. The smallest absolute Gasteiger partial charge is 0.123 e. The number of aryl methyl sites for hydroxylation is 1. The van der Waals surface area contributed by atoms with Crippen LogP contribution < -0.4 is 15.5 Å². The van der Waals surface area contributed by atoms with Gasteiger partial charge in [0.1, 0.15) is 5.82 Å². The standard InChI is InChI=1S/C16H24FN3/c1-12-10-13(17)2-3-16(12)20-8-5-14(6-9-20)19-15-4-7-18-11-15/h2-3,10,14-15,18-19H,4-9,11H2,1H3/t15-/m0/s1. The number of piperidine rings is 1. The van der Waals surface area contributed by atoms with Crippen molar-refractivity contribution < 1.29 is 4.39 Å². The molecule has 2 fully saturated rings. The second kappa shape index (κ2) is 6.10. The van der Waals surface area contributed by atoms with Crippen LogP contribution in [0.2, 0.25) is 0 Å². The van der Waals surface area contributed by atoms with E-state index in [1.54, 1.807) is 12.1 Å². The molecule has 20 heavy (non-hydrogen) atoms. The summed E-state index contributed by atoms with van der Waals surface area (Å²) in [5.74, 6) is -0.142. The minimum atomic E-state index is -0.142. The van der Waals surface area contributed by atoms with E-state index in [0.717, 1.165) is 31.7 Å². The molecule has 4 heteroatoms. The summed E-state index contributed by atoms with van der Waals surface area (Å²) in [6.07, 6.45) is 3.60. The molecule has 0 aliphatic carbocycles. The summed E-state index contributed by atoms with van der Waals surface area (Å²) in [6, 6.07) is 6.40. The van der Waals surface area contributed by atoms with Gasteiger partial charge in [-0.1, -0.05) is 0 Å². The maximum Gasteiger partial charge on any atom is 0.123 e. The molecule has 3 rings (SSSR count). The molecule has 3 nitrogen and oxygen atoms in total. The van der Waals surface area contributed by atoms with Gasteiger partial charge < -0.3 is 15.5 Å². The Bertz CT molecular complexity index is 449. The fraction of sp³-hybridized carbons (Fsp3) is 0.625. The molecular formula is C16H24FN3. The molecule has 0 radical (unpaired) electrons. The Morgan fingerprint density at radius 2 is 2.00 bits per heavy atom. The summed E-state index contributed by atoms with van der Waals surface area (Å²) >= 11 is 0. The van der Waals surface area contributed by atoms with Crippen LogP contribution in [-0.2, 0) is 0 Å². The van der Waals surface area contributed by atoms with Crippen LogP contribution in [0.3, 0.4) is 0 Å². The zero-order valence-corrected chi connectivity index (χ0v) is 12.2. The van der Waals surface area contributed by atoms with Crippen LogP contribution in [-0.4, -0.2) is 38.3 Å². The summed E-state index contributed by atoms with van der Waals surface area (Å²) < 4.78 is 13.2. The first-order valence-corrected chi connectivity index (χ1v) is 7.70. The Morgan fingerprint density at radius 3 is 2.65 bits per heavy atom. The maximum absolute atomic E-state index is 13.2. The van der Waals surface area contributed by atoms with Gasteiger partial charge in [-0.2, -0.15) is 0 Å². The molecule has 2 aliphatic heterocycles. The topological polar surface area (TPSA) is 27.3 Å². The summed E-state index contributed by atoms with van der Waals surface area (Å²) in [6.45, 7) is 6.37. The van der Waals surface area contributed by atoms with E-state index in [0.29, 0.717) is 12.1 Å². The second-order valence-electron chi connectivity index (χ2n) is 6.05. The van der Waals surface area contributed by atoms with E-state index in [4.69, 9.17) is 0 Å². The molecule has 2 N–H and O–H groups in total. The van der Waals surface area contributed by atoms with Crippen LogP contribution in [0.25, 0.3) is 0 Å². The van der Waals surface area contributed by atoms with E-state index in [2.05, 4.69) is 15.5 Å². The fourth-order valence-electron chi connectivity index (χ4n) is 3.39. The van der Waals surface area contributed by atoms with Crippen molar-refractivity contribution in [1.29, 1.82) is 0 Å². The molecule has 0 saturated carbocycles. The van der Waals surface area contributed by atoms with Crippen LogP contribution in [0.4, 0.5) is 10.1 Å². The molecule has 2 aliphatic rings. The van der Waals surface area contributed by atoms with Crippen molar-refractivity contribution in [2.45, 2.75) is 38.3 Å². The Hall–Kier alpha value is -1.13. The van der Waals surface area contributed by atoms with Crippen molar-refractivity contribution in [3.8, 4) is 0 Å². The molecular weight excluding hydrogens is 253 g/mol. The Morgan fingerprint density at radius 1 is 1.20 bits per heavy atom. The largest absolute Gasteiger partial charge is 0.371 e. The molecule has 1 aromatic carbocycles. The fourth-order valence-corrected chi connectivity index (χ4v) is 3.39. The van der Waals surface area contributed by atoms with Gasteiger partial charge in [-0.3, -0.25) is 0 Å². The van der Waals surface area contributed by atoms with Gasteiger partial charge >= 0.3 is 0 Å². The van der Waals surface area contributed by atoms with E-state index in [1.165, 1.54) is 24.9 Å². The molecule has 1 aromatic rings. The molecule has 0 unspecified atom stereocenters. The zero-order chi connectivity index (χ0) is 13.9. The van der Waals surface area contributed by atoms with Crippen LogP contribution in [0.1, 0.15) is 24.8 Å². The van der Waals surface area contributed by atoms with Gasteiger partial charge in [-0.05, 0) is 56.5 Å². The first-order valence-electron chi connectivity index (χ1n) is 7.70. The third-order valence-corrected chi connectivity index (χ3v) is 4.53. The number of halogens is 1. The normalized spacial score (nSPS) is 24.3. The number of nitrogens with zero attached hydrogens (tertiary/aromatic N) is 1. The predicted octanol–water partition coefficient (Wildman–Crippen LogP) is 2.05. The summed E-state index contributed by atoms with van der Waals surface area (Å²) in [5, 5.41) is 7.17. The molecule has 2 saturated heterocycles. The summed E-state index contributed by atoms with van der Waals surface area (Å²) in [4.78, 5) is 2.39. The highest BCUT2D eigenvalue weighted by molar-refractivity contribution is 5.53. The van der Waals surface area contributed by atoms with Gasteiger partial charge in [0.15, 0.2) is 0 Å². The lowest BCUT2D eigenvalue weighted by atomic mass is 10.0. The van der Waals surface area contributed by atoms with Gasteiger partial charge in [-0.15, -0.1) is 0 Å². The molecule has 2 heterocycles. The van der Waals surface area contributed by atoms with Gasteiger partial charge in [0, 0.05) is 37.4 Å². The third kappa shape index (κ3) is 3.13. The van der Waals surface area contributed by atoms with Crippen molar-refractivity contribution in [3.63, 3.8) is 0 Å².